The van der Waals surface area contributed by atoms with Crippen LogP contribution in [0, 0.1) is 17.1 Å². The number of nitriles is 1. The second-order valence-corrected chi connectivity index (χ2v) is 8.48. The van der Waals surface area contributed by atoms with Crippen molar-refractivity contribution in [1.29, 1.82) is 5.26 Å². The molecule has 4 unspecified atom stereocenters. The van der Waals surface area contributed by atoms with E-state index >= 15 is 0 Å². The van der Waals surface area contributed by atoms with Gasteiger partial charge < -0.3 is 10.5 Å². The van der Waals surface area contributed by atoms with E-state index < -0.39 is 0 Å². The van der Waals surface area contributed by atoms with Crippen LogP contribution in [0.1, 0.15) is 42.7 Å². The van der Waals surface area contributed by atoms with Crippen LogP contribution in [0.15, 0.2) is 42.5 Å². The molecular formula is C23H25ClFN3O. The van der Waals surface area contributed by atoms with Crippen LogP contribution in [0.5, 0.6) is 5.75 Å². The molecule has 1 aliphatic carbocycles. The van der Waals surface area contributed by atoms with Crippen LogP contribution in [0.25, 0.3) is 0 Å². The molecule has 2 N–H and O–H groups in total. The van der Waals surface area contributed by atoms with Gasteiger partial charge in [0.15, 0.2) is 5.75 Å². The minimum absolute atomic E-state index is 0.138. The number of benzene rings is 2. The fourth-order valence-electron chi connectivity index (χ4n) is 4.73. The normalized spacial score (nSPS) is 27.5. The summed E-state index contributed by atoms with van der Waals surface area (Å²) >= 11 is 6.36. The van der Waals surface area contributed by atoms with Gasteiger partial charge in [0.25, 0.3) is 0 Å². The van der Waals surface area contributed by atoms with E-state index in [2.05, 4.69) is 11.0 Å². The van der Waals surface area contributed by atoms with Gasteiger partial charge in [0.2, 0.25) is 0 Å². The Balaban J connectivity index is 1.62. The number of halogens is 2. The Hall–Kier alpha value is -2.13. The highest BCUT2D eigenvalue weighted by atomic mass is 35.5. The molecule has 1 saturated heterocycles. The Bertz CT molecular complexity index is 915. The van der Waals surface area contributed by atoms with Gasteiger partial charge in [-0.05, 0) is 68.0 Å². The van der Waals surface area contributed by atoms with Gasteiger partial charge in [-0.25, -0.2) is 4.39 Å². The number of para-hydroxylation sites is 1. The summed E-state index contributed by atoms with van der Waals surface area (Å²) in [6.07, 6.45) is 3.57. The van der Waals surface area contributed by atoms with Crippen molar-refractivity contribution in [2.24, 2.45) is 5.73 Å². The lowest BCUT2D eigenvalue weighted by molar-refractivity contribution is 0.0681. The molecule has 4 atom stereocenters. The SMILES string of the molecule is N#Cc1cccc(Cl)c1OC1CC(c2cccc(F)c2)CC1N1CCCC(N)C1. The highest BCUT2D eigenvalue weighted by molar-refractivity contribution is 6.32. The van der Waals surface area contributed by atoms with Crippen LogP contribution in [0.4, 0.5) is 4.39 Å². The Morgan fingerprint density at radius 2 is 2.03 bits per heavy atom. The highest BCUT2D eigenvalue weighted by Crippen LogP contribution is 2.41. The minimum Gasteiger partial charge on any atom is -0.486 e. The summed E-state index contributed by atoms with van der Waals surface area (Å²) in [7, 11) is 0. The van der Waals surface area contributed by atoms with Gasteiger partial charge >= 0.3 is 0 Å². The molecule has 4 nitrogen and oxygen atoms in total. The van der Waals surface area contributed by atoms with Crippen LogP contribution in [-0.2, 0) is 0 Å². The zero-order chi connectivity index (χ0) is 20.4. The van der Waals surface area contributed by atoms with Crippen molar-refractivity contribution in [1.82, 2.24) is 4.90 Å². The van der Waals surface area contributed by atoms with Gasteiger partial charge in [0.05, 0.1) is 10.6 Å². The molecule has 0 aromatic heterocycles. The topological polar surface area (TPSA) is 62.3 Å². The summed E-state index contributed by atoms with van der Waals surface area (Å²) in [5.74, 6) is 0.404. The standard InChI is InChI=1S/C23H25ClFN3O/c24-20-8-2-5-16(13-26)23(20)29-22-12-17(15-4-1-6-18(25)10-15)11-21(22)28-9-3-7-19(27)14-28/h1-2,4-6,8,10,17,19,21-22H,3,7,9,11-12,14,27H2. The van der Waals surface area contributed by atoms with Crippen molar-refractivity contribution in [2.45, 2.75) is 49.8 Å². The first kappa shape index (κ1) is 20.2. The molecule has 0 radical (unpaired) electrons. The lowest BCUT2D eigenvalue weighted by Gasteiger charge is -2.38. The van der Waals surface area contributed by atoms with Crippen molar-refractivity contribution >= 4 is 11.6 Å². The predicted octanol–water partition coefficient (Wildman–Crippen LogP) is 4.47. The number of nitrogens with two attached hydrogens (primary N) is 1. The van der Waals surface area contributed by atoms with Crippen LogP contribution in [-0.4, -0.2) is 36.2 Å². The number of nitrogens with zero attached hydrogens (tertiary/aromatic N) is 2. The Kier molecular flexibility index (Phi) is 6.05. The molecule has 6 heteroatoms. The maximum atomic E-state index is 13.8. The van der Waals surface area contributed by atoms with Crippen LogP contribution in [0.3, 0.4) is 0 Å². The number of piperidine rings is 1. The highest BCUT2D eigenvalue weighted by Gasteiger charge is 2.41. The molecule has 1 heterocycles. The summed E-state index contributed by atoms with van der Waals surface area (Å²) < 4.78 is 20.2. The molecule has 1 aliphatic heterocycles. The van der Waals surface area contributed by atoms with Crippen molar-refractivity contribution in [3.05, 3.63) is 64.4 Å². The quantitative estimate of drug-likeness (QED) is 0.803. The smallest absolute Gasteiger partial charge is 0.156 e. The maximum Gasteiger partial charge on any atom is 0.156 e. The van der Waals surface area contributed by atoms with E-state index in [1.165, 1.54) is 6.07 Å². The fraction of sp³-hybridized carbons (Fsp3) is 0.435. The largest absolute Gasteiger partial charge is 0.486 e. The molecule has 29 heavy (non-hydrogen) atoms. The van der Waals surface area contributed by atoms with Crippen LogP contribution in [0.2, 0.25) is 5.02 Å². The molecule has 4 rings (SSSR count). The third kappa shape index (κ3) is 4.40. The zero-order valence-electron chi connectivity index (χ0n) is 16.2. The first-order valence-electron chi connectivity index (χ1n) is 10.2. The monoisotopic (exact) mass is 413 g/mol. The van der Waals surface area contributed by atoms with Crippen molar-refractivity contribution in [3.63, 3.8) is 0 Å². The van der Waals surface area contributed by atoms with Gasteiger partial charge in [0.1, 0.15) is 18.0 Å². The molecule has 0 amide bonds. The van der Waals surface area contributed by atoms with E-state index in [1.54, 1.807) is 30.3 Å². The Labute approximate surface area is 176 Å². The van der Waals surface area contributed by atoms with E-state index in [0.29, 0.717) is 16.3 Å². The molecule has 2 fully saturated rings. The Morgan fingerprint density at radius 3 is 2.79 bits per heavy atom. The summed E-state index contributed by atoms with van der Waals surface area (Å²) in [5, 5.41) is 9.91. The first-order valence-corrected chi connectivity index (χ1v) is 10.5. The summed E-state index contributed by atoms with van der Waals surface area (Å²) in [4.78, 5) is 2.40. The molecule has 0 spiro atoms. The van der Waals surface area contributed by atoms with Gasteiger partial charge in [-0.2, -0.15) is 5.26 Å². The van der Waals surface area contributed by atoms with Gasteiger partial charge in [-0.1, -0.05) is 29.8 Å². The molecule has 2 aromatic carbocycles. The lowest BCUT2D eigenvalue weighted by Crippen LogP contribution is -2.51. The van der Waals surface area contributed by atoms with E-state index in [-0.39, 0.29) is 29.9 Å². The summed E-state index contributed by atoms with van der Waals surface area (Å²) in [6, 6.07) is 14.5. The molecule has 2 aliphatic rings. The summed E-state index contributed by atoms with van der Waals surface area (Å²) in [5.41, 5.74) is 7.65. The van der Waals surface area contributed by atoms with Crippen molar-refractivity contribution in [3.8, 4) is 11.8 Å². The number of hydrogen-bond acceptors (Lipinski definition) is 4. The van der Waals surface area contributed by atoms with Crippen molar-refractivity contribution in [2.75, 3.05) is 13.1 Å². The zero-order valence-corrected chi connectivity index (χ0v) is 17.0. The van der Waals surface area contributed by atoms with Crippen LogP contribution >= 0.6 is 11.6 Å². The minimum atomic E-state index is -0.221. The van der Waals surface area contributed by atoms with E-state index in [9.17, 15) is 9.65 Å². The third-order valence-electron chi connectivity index (χ3n) is 6.11. The van der Waals surface area contributed by atoms with E-state index in [1.807, 2.05) is 6.07 Å². The van der Waals surface area contributed by atoms with Gasteiger partial charge in [-0.15, -0.1) is 0 Å². The average Bonchev–Trinajstić information content (AvgIpc) is 3.13. The molecule has 2 aromatic rings. The van der Waals surface area contributed by atoms with Crippen LogP contribution < -0.4 is 10.5 Å². The molecule has 152 valence electrons. The number of hydrogen-bond donors (Lipinski definition) is 1. The molecule has 0 bridgehead atoms. The van der Waals surface area contributed by atoms with E-state index in [0.717, 1.165) is 44.3 Å². The molecular weight excluding hydrogens is 389 g/mol. The average molecular weight is 414 g/mol. The first-order chi connectivity index (χ1) is 14.0. The number of ether oxygens (including phenoxy) is 1. The maximum absolute atomic E-state index is 13.8. The summed E-state index contributed by atoms with van der Waals surface area (Å²) in [6.45, 7) is 1.80. The van der Waals surface area contributed by atoms with Gasteiger partial charge in [-0.3, -0.25) is 4.90 Å². The fourth-order valence-corrected chi connectivity index (χ4v) is 4.95. The number of rotatable bonds is 4. The predicted molar refractivity (Wildman–Crippen MR) is 112 cm³/mol. The third-order valence-corrected chi connectivity index (χ3v) is 6.40. The van der Waals surface area contributed by atoms with Gasteiger partial charge in [0, 0.05) is 18.6 Å². The van der Waals surface area contributed by atoms with Crippen molar-refractivity contribution < 1.29 is 9.13 Å². The second kappa shape index (κ2) is 8.71. The second-order valence-electron chi connectivity index (χ2n) is 8.07. The van der Waals surface area contributed by atoms with E-state index in [4.69, 9.17) is 22.1 Å². The molecule has 1 saturated carbocycles. The Morgan fingerprint density at radius 1 is 1.21 bits per heavy atom. The number of likely N-dealkylation sites (tertiary alicyclic amines) is 1. The lowest BCUT2D eigenvalue weighted by atomic mass is 9.97.